The summed E-state index contributed by atoms with van der Waals surface area (Å²) in [5, 5.41) is 9.55. The summed E-state index contributed by atoms with van der Waals surface area (Å²) in [7, 11) is 0. The predicted molar refractivity (Wildman–Crippen MR) is 130 cm³/mol. The molecule has 1 saturated heterocycles. The number of alkyl halides is 6. The zero-order valence-corrected chi connectivity index (χ0v) is 20.1. The van der Waals surface area contributed by atoms with Crippen molar-refractivity contribution in [1.82, 2.24) is 9.80 Å². The number of piperazine rings is 1. The van der Waals surface area contributed by atoms with Crippen LogP contribution in [0.15, 0.2) is 78.9 Å². The van der Waals surface area contributed by atoms with Crippen LogP contribution in [0.3, 0.4) is 0 Å². The Balaban J connectivity index is 1.33. The van der Waals surface area contributed by atoms with Gasteiger partial charge in [0, 0.05) is 44.8 Å². The normalized spacial score (nSPS) is 16.2. The smallest absolute Gasteiger partial charge is 0.369 e. The topological polar surface area (TPSA) is 26.7 Å². The molecule has 0 radical (unpaired) electrons. The van der Waals surface area contributed by atoms with Gasteiger partial charge in [-0.15, -0.1) is 0 Å². The standard InChI is InChI=1S/C28H28F6N2O/c29-27(30,31)26(37,28(32,33)34)25-12-10-24(11-13-25)23-8-6-22(7-9-23)20-36-18-16-35(17-19-36)15-14-21-4-2-1-3-5-21/h1-13,37H,14-20H2. The van der Waals surface area contributed by atoms with Crippen LogP contribution < -0.4 is 0 Å². The lowest BCUT2D eigenvalue weighted by atomic mass is 9.90. The van der Waals surface area contributed by atoms with E-state index in [0.29, 0.717) is 23.3 Å². The van der Waals surface area contributed by atoms with Crippen LogP contribution in [0.5, 0.6) is 0 Å². The fraction of sp³-hybridized carbons (Fsp3) is 0.357. The van der Waals surface area contributed by atoms with E-state index >= 15 is 0 Å². The Kier molecular flexibility index (Phi) is 7.96. The van der Waals surface area contributed by atoms with E-state index in [0.717, 1.165) is 63.4 Å². The molecule has 1 N–H and O–H groups in total. The molecule has 0 unspecified atom stereocenters. The minimum absolute atomic E-state index is 0.453. The van der Waals surface area contributed by atoms with Gasteiger partial charge in [0.2, 0.25) is 0 Å². The fourth-order valence-corrected chi connectivity index (χ4v) is 4.56. The van der Waals surface area contributed by atoms with E-state index in [1.165, 1.54) is 5.56 Å². The highest BCUT2D eigenvalue weighted by Gasteiger charge is 2.71. The van der Waals surface area contributed by atoms with Crippen LogP contribution >= 0.6 is 0 Å². The summed E-state index contributed by atoms with van der Waals surface area (Å²) >= 11 is 0. The molecule has 0 amide bonds. The van der Waals surface area contributed by atoms with Gasteiger partial charge >= 0.3 is 12.4 Å². The van der Waals surface area contributed by atoms with Crippen LogP contribution in [0.1, 0.15) is 16.7 Å². The Morgan fingerprint density at radius 3 is 1.59 bits per heavy atom. The van der Waals surface area contributed by atoms with E-state index in [-0.39, 0.29) is 0 Å². The van der Waals surface area contributed by atoms with Gasteiger partial charge in [0.15, 0.2) is 0 Å². The van der Waals surface area contributed by atoms with E-state index in [4.69, 9.17) is 0 Å². The average Bonchev–Trinajstić information content (AvgIpc) is 2.88. The van der Waals surface area contributed by atoms with Crippen LogP contribution in [0.4, 0.5) is 26.3 Å². The number of hydrogen-bond donors (Lipinski definition) is 1. The van der Waals surface area contributed by atoms with Crippen LogP contribution in [0.25, 0.3) is 11.1 Å². The van der Waals surface area contributed by atoms with Gasteiger partial charge in [-0.05, 0) is 28.7 Å². The minimum Gasteiger partial charge on any atom is -0.369 e. The molecule has 0 bridgehead atoms. The monoisotopic (exact) mass is 522 g/mol. The van der Waals surface area contributed by atoms with Crippen molar-refractivity contribution in [3.8, 4) is 11.1 Å². The van der Waals surface area contributed by atoms with Crippen molar-refractivity contribution < 1.29 is 31.4 Å². The Morgan fingerprint density at radius 1 is 0.595 bits per heavy atom. The zero-order valence-electron chi connectivity index (χ0n) is 20.1. The van der Waals surface area contributed by atoms with E-state index in [2.05, 4.69) is 34.1 Å². The molecule has 9 heteroatoms. The van der Waals surface area contributed by atoms with Crippen LogP contribution in [-0.4, -0.2) is 60.0 Å². The largest absolute Gasteiger partial charge is 0.430 e. The van der Waals surface area contributed by atoms with Gasteiger partial charge in [0.1, 0.15) is 0 Å². The first-order chi connectivity index (χ1) is 17.5. The number of benzene rings is 3. The molecule has 1 aliphatic heterocycles. The van der Waals surface area contributed by atoms with E-state index < -0.39 is 23.5 Å². The van der Waals surface area contributed by atoms with Gasteiger partial charge in [0.05, 0.1) is 0 Å². The van der Waals surface area contributed by atoms with Crippen molar-refractivity contribution in [3.63, 3.8) is 0 Å². The lowest BCUT2D eigenvalue weighted by Crippen LogP contribution is -2.53. The van der Waals surface area contributed by atoms with Crippen molar-refractivity contribution in [2.45, 2.75) is 30.9 Å². The Morgan fingerprint density at radius 2 is 1.08 bits per heavy atom. The summed E-state index contributed by atoms with van der Waals surface area (Å²) in [6.07, 6.45) is -10.8. The van der Waals surface area contributed by atoms with Crippen molar-refractivity contribution in [2.24, 2.45) is 0 Å². The van der Waals surface area contributed by atoms with Gasteiger partial charge in [-0.25, -0.2) is 0 Å². The third-order valence-corrected chi connectivity index (χ3v) is 6.84. The molecule has 1 heterocycles. The maximum atomic E-state index is 13.1. The maximum Gasteiger partial charge on any atom is 0.430 e. The third-order valence-electron chi connectivity index (χ3n) is 6.84. The summed E-state index contributed by atoms with van der Waals surface area (Å²) < 4.78 is 78.6. The van der Waals surface area contributed by atoms with Gasteiger partial charge in [-0.3, -0.25) is 4.90 Å². The molecule has 3 nitrogen and oxygen atoms in total. The highest BCUT2D eigenvalue weighted by atomic mass is 19.4. The zero-order chi connectivity index (χ0) is 26.7. The van der Waals surface area contributed by atoms with Crippen molar-refractivity contribution in [1.29, 1.82) is 0 Å². The molecule has 1 fully saturated rings. The molecule has 0 aromatic heterocycles. The lowest BCUT2D eigenvalue weighted by molar-refractivity contribution is -0.376. The maximum absolute atomic E-state index is 13.1. The van der Waals surface area contributed by atoms with E-state index in [1.807, 2.05) is 18.2 Å². The van der Waals surface area contributed by atoms with Crippen molar-refractivity contribution in [2.75, 3.05) is 32.7 Å². The number of nitrogens with zero attached hydrogens (tertiary/aromatic N) is 2. The highest BCUT2D eigenvalue weighted by molar-refractivity contribution is 5.64. The molecule has 1 aliphatic rings. The fourth-order valence-electron chi connectivity index (χ4n) is 4.56. The lowest BCUT2D eigenvalue weighted by Gasteiger charge is -2.34. The van der Waals surface area contributed by atoms with Crippen LogP contribution in [-0.2, 0) is 18.6 Å². The van der Waals surface area contributed by atoms with Gasteiger partial charge in [0.25, 0.3) is 5.60 Å². The molecule has 3 aromatic rings. The molecule has 4 rings (SSSR count). The Bertz CT molecular complexity index is 1120. The second-order valence-corrected chi connectivity index (χ2v) is 9.33. The molecular formula is C28H28F6N2O. The number of halogens is 6. The molecule has 0 saturated carbocycles. The summed E-state index contributed by atoms with van der Waals surface area (Å²) in [5.74, 6) is 0. The molecule has 0 spiro atoms. The molecular weight excluding hydrogens is 494 g/mol. The quantitative estimate of drug-likeness (QED) is 0.384. The second-order valence-electron chi connectivity index (χ2n) is 9.33. The van der Waals surface area contributed by atoms with Crippen LogP contribution in [0.2, 0.25) is 0 Å². The molecule has 0 atom stereocenters. The van der Waals surface area contributed by atoms with Gasteiger partial charge < -0.3 is 10.0 Å². The molecule has 198 valence electrons. The molecule has 3 aromatic carbocycles. The summed E-state index contributed by atoms with van der Waals surface area (Å²) in [6.45, 7) is 5.64. The number of rotatable bonds is 7. The second kappa shape index (κ2) is 10.8. The molecule has 37 heavy (non-hydrogen) atoms. The van der Waals surface area contributed by atoms with Crippen molar-refractivity contribution >= 4 is 0 Å². The van der Waals surface area contributed by atoms with Crippen LogP contribution in [0, 0.1) is 0 Å². The average molecular weight is 523 g/mol. The first-order valence-electron chi connectivity index (χ1n) is 12.0. The summed E-state index contributed by atoms with van der Waals surface area (Å²) in [6, 6.07) is 21.4. The van der Waals surface area contributed by atoms with E-state index in [1.54, 1.807) is 12.1 Å². The summed E-state index contributed by atoms with van der Waals surface area (Å²) in [5.41, 5.74) is -2.68. The molecule has 0 aliphatic carbocycles. The Hall–Kier alpha value is -2.88. The first-order valence-corrected chi connectivity index (χ1v) is 12.0. The third kappa shape index (κ3) is 6.17. The predicted octanol–water partition coefficient (Wildman–Crippen LogP) is 6.03. The first kappa shape index (κ1) is 27.2. The van der Waals surface area contributed by atoms with E-state index in [9.17, 15) is 31.4 Å². The number of hydrogen-bond acceptors (Lipinski definition) is 3. The Labute approximate surface area is 211 Å². The minimum atomic E-state index is -5.90. The van der Waals surface area contributed by atoms with Gasteiger partial charge in [-0.1, -0.05) is 78.9 Å². The summed E-state index contributed by atoms with van der Waals surface area (Å²) in [4.78, 5) is 4.81. The van der Waals surface area contributed by atoms with Gasteiger partial charge in [-0.2, -0.15) is 26.3 Å². The highest BCUT2D eigenvalue weighted by Crippen LogP contribution is 2.50. The van der Waals surface area contributed by atoms with Crippen molar-refractivity contribution in [3.05, 3.63) is 95.6 Å². The number of aliphatic hydroxyl groups is 1. The SMILES string of the molecule is OC(c1ccc(-c2ccc(CN3CCN(CCc4ccccc4)CC3)cc2)cc1)(C(F)(F)F)C(F)(F)F.